The number of hydrogen-bond donors (Lipinski definition) is 0. The van der Waals surface area contributed by atoms with E-state index in [1.165, 1.54) is 6.07 Å². The van der Waals surface area contributed by atoms with Crippen LogP contribution in [0.5, 0.6) is 5.75 Å². The Morgan fingerprint density at radius 1 is 1.20 bits per heavy atom. The highest BCUT2D eigenvalue weighted by atomic mass is 35.5. The molecule has 0 amide bonds. The van der Waals surface area contributed by atoms with Gasteiger partial charge in [0.15, 0.2) is 0 Å². The minimum atomic E-state index is -0.781. The maximum atomic E-state index is 14.4. The quantitative estimate of drug-likeness (QED) is 0.594. The van der Waals surface area contributed by atoms with E-state index in [0.717, 1.165) is 18.9 Å². The van der Waals surface area contributed by atoms with Crippen molar-refractivity contribution >= 4 is 23.5 Å². The van der Waals surface area contributed by atoms with Crippen molar-refractivity contribution in [1.29, 1.82) is 0 Å². The van der Waals surface area contributed by atoms with Gasteiger partial charge in [0.1, 0.15) is 17.2 Å². The van der Waals surface area contributed by atoms with Crippen LogP contribution in [0.3, 0.4) is 0 Å². The summed E-state index contributed by atoms with van der Waals surface area (Å²) in [6.45, 7) is 12.0. The van der Waals surface area contributed by atoms with Crippen LogP contribution < -0.4 is 4.74 Å². The van der Waals surface area contributed by atoms with E-state index in [-0.39, 0.29) is 34.8 Å². The molecule has 168 valence electrons. The van der Waals surface area contributed by atoms with Gasteiger partial charge in [0, 0.05) is 25.1 Å². The molecule has 1 aliphatic rings. The van der Waals surface area contributed by atoms with Gasteiger partial charge in [0.05, 0.1) is 22.6 Å². The molecule has 30 heavy (non-hydrogen) atoms. The average Bonchev–Trinajstić information content (AvgIpc) is 2.60. The molecule has 1 atom stereocenters. The van der Waals surface area contributed by atoms with Crippen LogP contribution in [0.15, 0.2) is 12.1 Å². The molecule has 1 aromatic rings. The predicted octanol–water partition coefficient (Wildman–Crippen LogP) is 5.03. The lowest BCUT2D eigenvalue weighted by Crippen LogP contribution is -2.41. The van der Waals surface area contributed by atoms with Gasteiger partial charge in [-0.3, -0.25) is 0 Å². The van der Waals surface area contributed by atoms with Crippen LogP contribution in [-0.2, 0) is 14.4 Å². The largest absolute Gasteiger partial charge is 0.492 e. The summed E-state index contributed by atoms with van der Waals surface area (Å²) < 4.78 is 25.4. The first-order valence-electron chi connectivity index (χ1n) is 10.1. The summed E-state index contributed by atoms with van der Waals surface area (Å²) in [5.41, 5.74) is -1.56. The Morgan fingerprint density at radius 2 is 1.87 bits per heavy atom. The molecule has 2 rings (SSSR count). The fourth-order valence-electron chi connectivity index (χ4n) is 2.84. The van der Waals surface area contributed by atoms with Crippen LogP contribution in [0.1, 0.15) is 64.7 Å². The molecule has 0 bridgehead atoms. The van der Waals surface area contributed by atoms with E-state index in [2.05, 4.69) is 0 Å². The second-order valence-electron chi connectivity index (χ2n) is 9.60. The van der Waals surface area contributed by atoms with E-state index in [0.29, 0.717) is 13.1 Å². The molecule has 0 radical (unpaired) electrons. The third-order valence-corrected chi connectivity index (χ3v) is 4.72. The molecule has 1 saturated heterocycles. The fraction of sp³-hybridized carbons (Fsp3) is 0.636. The minimum Gasteiger partial charge on any atom is -0.492 e. The summed E-state index contributed by atoms with van der Waals surface area (Å²) in [6.07, 6.45) is 1.74. The van der Waals surface area contributed by atoms with Gasteiger partial charge in [0.2, 0.25) is 0 Å². The number of hydroxylamine groups is 2. The number of carbonyl (C=O) groups excluding carboxylic acids is 2. The van der Waals surface area contributed by atoms with E-state index < -0.39 is 22.8 Å². The Kier molecular flexibility index (Phi) is 7.74. The highest BCUT2D eigenvalue weighted by Gasteiger charge is 2.29. The minimum absolute atomic E-state index is 0.0937. The fourth-order valence-corrected chi connectivity index (χ4v) is 3.05. The van der Waals surface area contributed by atoms with E-state index in [4.69, 9.17) is 25.9 Å². The van der Waals surface area contributed by atoms with Gasteiger partial charge in [-0.05, 0) is 60.5 Å². The smallest absolute Gasteiger partial charge is 0.341 e. The lowest BCUT2D eigenvalue weighted by molar-refractivity contribution is -0.208. The molecule has 1 fully saturated rings. The van der Waals surface area contributed by atoms with Crippen molar-refractivity contribution < 1.29 is 28.3 Å². The standard InChI is InChI=1S/C22H31ClFNO5/c1-21(2,3)20(27)30-25-9-7-8-14(12-25)13-28-18-11-17(24)15(10-16(18)23)19(26)29-22(4,5)6/h10-11,14H,7-9,12-13H2,1-6H3/t14-/m1/s1. The first kappa shape index (κ1) is 24.4. The van der Waals surface area contributed by atoms with Crippen molar-refractivity contribution in [2.24, 2.45) is 11.3 Å². The zero-order valence-electron chi connectivity index (χ0n) is 18.5. The Morgan fingerprint density at radius 3 is 2.47 bits per heavy atom. The highest BCUT2D eigenvalue weighted by molar-refractivity contribution is 6.32. The zero-order valence-corrected chi connectivity index (χ0v) is 19.3. The van der Waals surface area contributed by atoms with Gasteiger partial charge in [-0.1, -0.05) is 11.6 Å². The molecule has 1 aliphatic heterocycles. The first-order chi connectivity index (χ1) is 13.8. The summed E-state index contributed by atoms with van der Waals surface area (Å²) in [5.74, 6) is -1.57. The first-order valence-corrected chi connectivity index (χ1v) is 10.5. The number of halogens is 2. The summed E-state index contributed by atoms with van der Waals surface area (Å²) in [7, 11) is 0. The van der Waals surface area contributed by atoms with Crippen molar-refractivity contribution in [2.75, 3.05) is 19.7 Å². The number of carbonyl (C=O) groups is 2. The summed E-state index contributed by atoms with van der Waals surface area (Å²) in [6, 6.07) is 2.32. The third-order valence-electron chi connectivity index (χ3n) is 4.42. The number of ether oxygens (including phenoxy) is 2. The van der Waals surface area contributed by atoms with E-state index in [1.54, 1.807) is 46.6 Å². The van der Waals surface area contributed by atoms with Crippen LogP contribution in [0, 0.1) is 17.2 Å². The van der Waals surface area contributed by atoms with Crippen LogP contribution >= 0.6 is 11.6 Å². The van der Waals surface area contributed by atoms with E-state index in [1.807, 2.05) is 0 Å². The van der Waals surface area contributed by atoms with Crippen molar-refractivity contribution in [1.82, 2.24) is 5.06 Å². The lowest BCUT2D eigenvalue weighted by atomic mass is 9.97. The number of piperidine rings is 1. The summed E-state index contributed by atoms with van der Waals surface area (Å²) >= 11 is 6.20. The molecule has 0 N–H and O–H groups in total. The van der Waals surface area contributed by atoms with Crippen molar-refractivity contribution in [3.63, 3.8) is 0 Å². The van der Waals surface area contributed by atoms with Crippen LogP contribution in [0.2, 0.25) is 5.02 Å². The molecule has 0 unspecified atom stereocenters. The Labute approximate surface area is 182 Å². The topological polar surface area (TPSA) is 65.1 Å². The molecule has 1 heterocycles. The zero-order chi connectivity index (χ0) is 22.7. The number of benzene rings is 1. The van der Waals surface area contributed by atoms with E-state index in [9.17, 15) is 14.0 Å². The third kappa shape index (κ3) is 7.13. The maximum absolute atomic E-state index is 14.4. The number of hydrogen-bond acceptors (Lipinski definition) is 6. The maximum Gasteiger partial charge on any atom is 0.341 e. The Hall–Kier alpha value is -1.86. The van der Waals surface area contributed by atoms with Gasteiger partial charge < -0.3 is 14.3 Å². The number of rotatable bonds is 5. The Balaban J connectivity index is 1.98. The molecule has 1 aromatic carbocycles. The van der Waals surface area contributed by atoms with Gasteiger partial charge in [0.25, 0.3) is 0 Å². The van der Waals surface area contributed by atoms with Crippen LogP contribution in [-0.4, -0.2) is 42.3 Å². The lowest BCUT2D eigenvalue weighted by Gasteiger charge is -2.32. The van der Waals surface area contributed by atoms with Crippen LogP contribution in [0.4, 0.5) is 4.39 Å². The highest BCUT2D eigenvalue weighted by Crippen LogP contribution is 2.30. The summed E-state index contributed by atoms with van der Waals surface area (Å²) in [4.78, 5) is 29.7. The second-order valence-corrected chi connectivity index (χ2v) is 10.0. The molecular formula is C22H31ClFNO5. The number of esters is 1. The number of nitrogens with zero attached hydrogens (tertiary/aromatic N) is 1. The molecule has 0 aliphatic carbocycles. The van der Waals surface area contributed by atoms with Crippen molar-refractivity contribution in [3.05, 3.63) is 28.5 Å². The van der Waals surface area contributed by atoms with Gasteiger partial charge in [-0.25, -0.2) is 14.0 Å². The van der Waals surface area contributed by atoms with Crippen molar-refractivity contribution in [2.45, 2.75) is 60.0 Å². The van der Waals surface area contributed by atoms with Gasteiger partial charge >= 0.3 is 11.9 Å². The SMILES string of the molecule is CC(C)(C)OC(=O)c1cc(Cl)c(OC[C@@H]2CCCN(OC(=O)C(C)(C)C)C2)cc1F. The molecule has 0 saturated carbocycles. The summed E-state index contributed by atoms with van der Waals surface area (Å²) in [5, 5.41) is 1.78. The average molecular weight is 444 g/mol. The Bertz CT molecular complexity index is 785. The second kappa shape index (κ2) is 9.52. The normalized spacial score (nSPS) is 18.1. The van der Waals surface area contributed by atoms with Gasteiger partial charge in [-0.15, -0.1) is 5.06 Å². The molecular weight excluding hydrogens is 413 g/mol. The molecule has 0 spiro atoms. The molecule has 6 nitrogen and oxygen atoms in total. The molecule has 8 heteroatoms. The van der Waals surface area contributed by atoms with E-state index >= 15 is 0 Å². The van der Waals surface area contributed by atoms with Crippen molar-refractivity contribution in [3.8, 4) is 5.75 Å². The molecule has 0 aromatic heterocycles. The predicted molar refractivity (Wildman–Crippen MR) is 112 cm³/mol. The monoisotopic (exact) mass is 443 g/mol. The van der Waals surface area contributed by atoms with Crippen LogP contribution in [0.25, 0.3) is 0 Å². The van der Waals surface area contributed by atoms with Gasteiger partial charge in [-0.2, -0.15) is 0 Å².